The zero-order valence-electron chi connectivity index (χ0n) is 13.9. The maximum atomic E-state index is 10.2. The molecule has 1 saturated carbocycles. The highest BCUT2D eigenvalue weighted by Crippen LogP contribution is 2.60. The first-order valence-electron chi connectivity index (χ1n) is 9.06. The topological polar surface area (TPSA) is 32.7 Å². The molecule has 4 rings (SSSR count). The lowest BCUT2D eigenvalue weighted by molar-refractivity contribution is 0.0491. The molecule has 2 unspecified atom stereocenters. The van der Waals surface area contributed by atoms with Crippen LogP contribution in [0.1, 0.15) is 46.0 Å². The van der Waals surface area contributed by atoms with Gasteiger partial charge >= 0.3 is 0 Å². The molecule has 2 saturated heterocycles. The number of likely N-dealkylation sites (tertiary alicyclic amines) is 1. The molecule has 1 spiro atoms. The van der Waals surface area contributed by atoms with Crippen molar-refractivity contribution in [2.75, 3.05) is 19.7 Å². The third kappa shape index (κ3) is 2.09. The number of ether oxygens (including phenoxy) is 1. The molecule has 3 heteroatoms. The summed E-state index contributed by atoms with van der Waals surface area (Å²) in [6, 6.07) is 0.625. The lowest BCUT2D eigenvalue weighted by Crippen LogP contribution is -2.42. The highest BCUT2D eigenvalue weighted by atomic mass is 16.5. The van der Waals surface area contributed by atoms with Gasteiger partial charge in [-0.2, -0.15) is 0 Å². The SMILES string of the molecule is CC1CCN(C[C@H]2CCCO2)[C@@H]2CC3=CC=C(O)CC31[C@H]2C. The third-order valence-corrected chi connectivity index (χ3v) is 7.03. The Bertz CT molecular complexity index is 506. The highest BCUT2D eigenvalue weighted by molar-refractivity contribution is 5.36. The van der Waals surface area contributed by atoms with Crippen LogP contribution in [0.3, 0.4) is 0 Å². The van der Waals surface area contributed by atoms with Crippen LogP contribution in [0.15, 0.2) is 23.5 Å². The third-order valence-electron chi connectivity index (χ3n) is 7.03. The van der Waals surface area contributed by atoms with Gasteiger partial charge in [0, 0.05) is 31.0 Å². The van der Waals surface area contributed by atoms with E-state index in [4.69, 9.17) is 4.74 Å². The summed E-state index contributed by atoms with van der Waals surface area (Å²) in [6.07, 6.45) is 10.3. The Labute approximate surface area is 134 Å². The second-order valence-electron chi connectivity index (χ2n) is 7.95. The van der Waals surface area contributed by atoms with Crippen molar-refractivity contribution >= 4 is 0 Å². The molecular formula is C19H29NO2. The van der Waals surface area contributed by atoms with Gasteiger partial charge in [-0.15, -0.1) is 0 Å². The van der Waals surface area contributed by atoms with Crippen LogP contribution >= 0.6 is 0 Å². The number of hydrogen-bond acceptors (Lipinski definition) is 3. The first-order chi connectivity index (χ1) is 10.6. The van der Waals surface area contributed by atoms with Crippen molar-refractivity contribution < 1.29 is 9.84 Å². The van der Waals surface area contributed by atoms with Crippen molar-refractivity contribution in [2.45, 2.75) is 58.1 Å². The van der Waals surface area contributed by atoms with Gasteiger partial charge in [-0.3, -0.25) is 4.90 Å². The summed E-state index contributed by atoms with van der Waals surface area (Å²) in [4.78, 5) is 2.71. The van der Waals surface area contributed by atoms with E-state index in [9.17, 15) is 5.11 Å². The average molecular weight is 303 g/mol. The van der Waals surface area contributed by atoms with Crippen LogP contribution in [0.2, 0.25) is 0 Å². The highest BCUT2D eigenvalue weighted by Gasteiger charge is 2.56. The van der Waals surface area contributed by atoms with Gasteiger partial charge in [-0.05, 0) is 50.1 Å². The van der Waals surface area contributed by atoms with E-state index in [0.29, 0.717) is 29.7 Å². The van der Waals surface area contributed by atoms with Gasteiger partial charge in [-0.1, -0.05) is 25.5 Å². The minimum atomic E-state index is 0.203. The predicted molar refractivity (Wildman–Crippen MR) is 87.7 cm³/mol. The molecule has 2 aliphatic heterocycles. The minimum absolute atomic E-state index is 0.203. The monoisotopic (exact) mass is 303 g/mol. The average Bonchev–Trinajstić information content (AvgIpc) is 3.08. The molecular weight excluding hydrogens is 274 g/mol. The molecule has 0 radical (unpaired) electrons. The summed E-state index contributed by atoms with van der Waals surface area (Å²) in [5.41, 5.74) is 1.79. The second kappa shape index (κ2) is 5.38. The lowest BCUT2D eigenvalue weighted by atomic mass is 9.62. The minimum Gasteiger partial charge on any atom is -0.512 e. The molecule has 5 atom stereocenters. The number of rotatable bonds is 2. The molecule has 3 fully saturated rings. The molecule has 0 amide bonds. The van der Waals surface area contributed by atoms with Crippen LogP contribution in [0, 0.1) is 17.3 Å². The van der Waals surface area contributed by atoms with E-state index in [2.05, 4.69) is 24.8 Å². The normalized spacial score (nSPS) is 45.2. The van der Waals surface area contributed by atoms with E-state index < -0.39 is 0 Å². The van der Waals surface area contributed by atoms with E-state index in [-0.39, 0.29) is 5.41 Å². The molecule has 4 aliphatic rings. The van der Waals surface area contributed by atoms with Crippen LogP contribution in [-0.2, 0) is 4.74 Å². The van der Waals surface area contributed by atoms with Gasteiger partial charge in [0.05, 0.1) is 11.9 Å². The van der Waals surface area contributed by atoms with E-state index in [1.54, 1.807) is 5.57 Å². The number of allylic oxidation sites excluding steroid dienone is 3. The van der Waals surface area contributed by atoms with Crippen molar-refractivity contribution in [2.24, 2.45) is 17.3 Å². The molecule has 122 valence electrons. The van der Waals surface area contributed by atoms with E-state index in [1.165, 1.54) is 32.2 Å². The smallest absolute Gasteiger partial charge is 0.0931 e. The Kier molecular flexibility index (Phi) is 3.61. The molecule has 2 heterocycles. The summed E-state index contributed by atoms with van der Waals surface area (Å²) in [5.74, 6) is 1.84. The molecule has 22 heavy (non-hydrogen) atoms. The maximum absolute atomic E-state index is 10.2. The summed E-state index contributed by atoms with van der Waals surface area (Å²) < 4.78 is 5.89. The molecule has 0 aromatic heterocycles. The fraction of sp³-hybridized carbons (Fsp3) is 0.789. The molecule has 0 aromatic rings. The zero-order valence-corrected chi connectivity index (χ0v) is 13.9. The molecule has 2 bridgehead atoms. The fourth-order valence-corrected chi connectivity index (χ4v) is 5.73. The summed E-state index contributed by atoms with van der Waals surface area (Å²) in [6.45, 7) is 8.07. The Hall–Kier alpha value is -0.800. The van der Waals surface area contributed by atoms with E-state index in [0.717, 1.165) is 19.6 Å². The lowest BCUT2D eigenvalue weighted by Gasteiger charge is -2.42. The summed E-state index contributed by atoms with van der Waals surface area (Å²) >= 11 is 0. The Morgan fingerprint density at radius 1 is 1.32 bits per heavy atom. The van der Waals surface area contributed by atoms with Crippen molar-refractivity contribution in [3.8, 4) is 0 Å². The predicted octanol–water partition coefficient (Wildman–Crippen LogP) is 3.67. The first-order valence-corrected chi connectivity index (χ1v) is 9.06. The quantitative estimate of drug-likeness (QED) is 0.845. The van der Waals surface area contributed by atoms with Crippen LogP contribution in [-0.4, -0.2) is 41.8 Å². The van der Waals surface area contributed by atoms with Crippen molar-refractivity contribution in [3.05, 3.63) is 23.5 Å². The molecule has 2 aliphatic carbocycles. The van der Waals surface area contributed by atoms with Crippen LogP contribution in [0.25, 0.3) is 0 Å². The van der Waals surface area contributed by atoms with Gasteiger partial charge in [0.25, 0.3) is 0 Å². The van der Waals surface area contributed by atoms with Crippen molar-refractivity contribution in [3.63, 3.8) is 0 Å². The number of hydrogen-bond donors (Lipinski definition) is 1. The summed E-state index contributed by atoms with van der Waals surface area (Å²) in [5, 5.41) is 10.2. The largest absolute Gasteiger partial charge is 0.512 e. The van der Waals surface area contributed by atoms with Gasteiger partial charge in [-0.25, -0.2) is 0 Å². The zero-order chi connectivity index (χ0) is 15.3. The Morgan fingerprint density at radius 2 is 2.18 bits per heavy atom. The Morgan fingerprint density at radius 3 is 2.95 bits per heavy atom. The maximum Gasteiger partial charge on any atom is 0.0931 e. The van der Waals surface area contributed by atoms with E-state index in [1.807, 2.05) is 6.08 Å². The molecule has 1 N–H and O–H groups in total. The Balaban J connectivity index is 1.62. The van der Waals surface area contributed by atoms with Crippen molar-refractivity contribution in [1.82, 2.24) is 4.90 Å². The number of nitrogens with zero attached hydrogens (tertiary/aromatic N) is 1. The summed E-state index contributed by atoms with van der Waals surface area (Å²) in [7, 11) is 0. The van der Waals surface area contributed by atoms with Gasteiger partial charge in [0.1, 0.15) is 0 Å². The molecule has 0 aromatic carbocycles. The van der Waals surface area contributed by atoms with E-state index >= 15 is 0 Å². The molecule has 3 nitrogen and oxygen atoms in total. The second-order valence-corrected chi connectivity index (χ2v) is 7.95. The number of aliphatic hydroxyl groups excluding tert-OH is 1. The number of fused-ring (bicyclic) bond motifs is 1. The number of aliphatic hydroxyl groups is 1. The van der Waals surface area contributed by atoms with Gasteiger partial charge < -0.3 is 9.84 Å². The van der Waals surface area contributed by atoms with Crippen LogP contribution in [0.4, 0.5) is 0 Å². The fourth-order valence-electron chi connectivity index (χ4n) is 5.73. The van der Waals surface area contributed by atoms with Crippen LogP contribution < -0.4 is 0 Å². The van der Waals surface area contributed by atoms with Gasteiger partial charge in [0.2, 0.25) is 0 Å². The van der Waals surface area contributed by atoms with Crippen molar-refractivity contribution in [1.29, 1.82) is 0 Å². The van der Waals surface area contributed by atoms with Gasteiger partial charge in [0.15, 0.2) is 0 Å². The first kappa shape index (κ1) is 14.8. The van der Waals surface area contributed by atoms with Crippen LogP contribution in [0.5, 0.6) is 0 Å². The standard InChI is InChI=1S/C19H29NO2/c1-13-7-8-20(12-17-4-3-9-22-17)18-10-15-5-6-16(21)11-19(13,15)14(18)2/h5-6,13-14,17-18,21H,3-4,7-12H2,1-2H3/t13?,14-,17+,18+,19?/m0/s1.